The Morgan fingerprint density at radius 1 is 1.00 bits per heavy atom. The summed E-state index contributed by atoms with van der Waals surface area (Å²) in [6, 6.07) is 17.7. The second kappa shape index (κ2) is 8.50. The first-order valence-electron chi connectivity index (χ1n) is 10.7. The van der Waals surface area contributed by atoms with Crippen molar-refractivity contribution in [3.05, 3.63) is 95.7 Å². The number of aromatic nitrogens is 1. The highest BCUT2D eigenvalue weighted by Crippen LogP contribution is 2.44. The van der Waals surface area contributed by atoms with E-state index in [1.54, 1.807) is 12.1 Å². The van der Waals surface area contributed by atoms with E-state index in [2.05, 4.69) is 4.98 Å². The van der Waals surface area contributed by atoms with Crippen molar-refractivity contribution < 1.29 is 17.2 Å². The Kier molecular flexibility index (Phi) is 5.50. The zero-order valence-electron chi connectivity index (χ0n) is 17.9. The molecule has 0 spiro atoms. The summed E-state index contributed by atoms with van der Waals surface area (Å²) in [6.07, 6.45) is 2.72. The Bertz CT molecular complexity index is 1560. The molecule has 8 heteroatoms. The summed E-state index contributed by atoms with van der Waals surface area (Å²) in [7, 11) is -4.11. The highest BCUT2D eigenvalue weighted by molar-refractivity contribution is 7.91. The van der Waals surface area contributed by atoms with Crippen LogP contribution in [0.3, 0.4) is 0 Å². The van der Waals surface area contributed by atoms with E-state index in [1.165, 1.54) is 60.8 Å². The average Bonchev–Trinajstić information content (AvgIpc) is 3.33. The molecule has 1 fully saturated rings. The van der Waals surface area contributed by atoms with Crippen LogP contribution in [0.2, 0.25) is 0 Å². The third-order valence-electron chi connectivity index (χ3n) is 6.10. The predicted molar refractivity (Wildman–Crippen MR) is 124 cm³/mol. The molecule has 0 N–H and O–H groups in total. The topological polar surface area (TPSA) is 74.1 Å². The molecule has 5 rings (SSSR count). The smallest absolute Gasteiger partial charge is 0.210 e. The summed E-state index contributed by atoms with van der Waals surface area (Å²) in [5, 5.41) is 9.60. The van der Waals surface area contributed by atoms with Gasteiger partial charge in [-0.3, -0.25) is 4.98 Å². The number of pyridine rings is 1. The molecule has 0 radical (unpaired) electrons. The van der Waals surface area contributed by atoms with Crippen LogP contribution in [0.4, 0.5) is 14.5 Å². The number of halogens is 2. The SMILES string of the molecule is N#Cc1cccc(S(=O)(=O)c2cnc3ccc(F)cc3c2N2CCC[C@@H]2c2cccc(F)c2)c1. The molecule has 3 aromatic carbocycles. The zero-order valence-corrected chi connectivity index (χ0v) is 18.8. The molecule has 1 atom stereocenters. The molecule has 1 aliphatic heterocycles. The van der Waals surface area contributed by atoms with Crippen LogP contribution >= 0.6 is 0 Å². The van der Waals surface area contributed by atoms with Gasteiger partial charge in [-0.05, 0) is 66.9 Å². The lowest BCUT2D eigenvalue weighted by Crippen LogP contribution is -2.25. The van der Waals surface area contributed by atoms with Crippen molar-refractivity contribution in [1.29, 1.82) is 5.26 Å². The van der Waals surface area contributed by atoms with E-state index in [0.717, 1.165) is 6.42 Å². The fourth-order valence-electron chi connectivity index (χ4n) is 4.58. The second-order valence-corrected chi connectivity index (χ2v) is 10.1. The maximum absolute atomic E-state index is 14.3. The number of anilines is 1. The molecule has 1 saturated heterocycles. The fourth-order valence-corrected chi connectivity index (χ4v) is 6.05. The molecular formula is C26H19F2N3O2S. The third kappa shape index (κ3) is 3.78. The molecule has 0 saturated carbocycles. The average molecular weight is 476 g/mol. The number of hydrogen-bond acceptors (Lipinski definition) is 5. The van der Waals surface area contributed by atoms with Crippen molar-refractivity contribution in [2.75, 3.05) is 11.4 Å². The summed E-state index contributed by atoms with van der Waals surface area (Å²) < 4.78 is 55.9. The van der Waals surface area contributed by atoms with Crippen LogP contribution in [-0.4, -0.2) is 19.9 Å². The molecule has 34 heavy (non-hydrogen) atoms. The van der Waals surface area contributed by atoms with E-state index in [9.17, 15) is 22.5 Å². The summed E-state index contributed by atoms with van der Waals surface area (Å²) in [5.74, 6) is -0.894. The minimum atomic E-state index is -4.11. The number of nitriles is 1. The van der Waals surface area contributed by atoms with Crippen LogP contribution in [0, 0.1) is 23.0 Å². The summed E-state index contributed by atoms with van der Waals surface area (Å²) >= 11 is 0. The van der Waals surface area contributed by atoms with Gasteiger partial charge in [0, 0.05) is 18.1 Å². The van der Waals surface area contributed by atoms with E-state index < -0.39 is 15.7 Å². The van der Waals surface area contributed by atoms with Gasteiger partial charge in [0.2, 0.25) is 9.84 Å². The Morgan fingerprint density at radius 2 is 1.79 bits per heavy atom. The van der Waals surface area contributed by atoms with Gasteiger partial charge in [0.05, 0.1) is 33.8 Å². The molecule has 0 unspecified atom stereocenters. The first-order chi connectivity index (χ1) is 16.4. The van der Waals surface area contributed by atoms with Gasteiger partial charge in [-0.2, -0.15) is 5.26 Å². The number of hydrogen-bond donors (Lipinski definition) is 0. The van der Waals surface area contributed by atoms with Gasteiger partial charge in [-0.15, -0.1) is 0 Å². The highest BCUT2D eigenvalue weighted by atomic mass is 32.2. The second-order valence-electron chi connectivity index (χ2n) is 8.18. The Balaban J connectivity index is 1.77. The van der Waals surface area contributed by atoms with Gasteiger partial charge in [0.1, 0.15) is 16.5 Å². The summed E-state index contributed by atoms with van der Waals surface area (Å²) in [5.41, 5.74) is 1.71. The highest BCUT2D eigenvalue weighted by Gasteiger charge is 2.33. The number of nitrogens with zero attached hydrogens (tertiary/aromatic N) is 3. The number of fused-ring (bicyclic) bond motifs is 1. The Hall–Kier alpha value is -3.83. The van der Waals surface area contributed by atoms with Crippen molar-refractivity contribution in [2.45, 2.75) is 28.7 Å². The molecular weight excluding hydrogens is 456 g/mol. The summed E-state index contributed by atoms with van der Waals surface area (Å²) in [4.78, 5) is 6.08. The monoisotopic (exact) mass is 475 g/mol. The lowest BCUT2D eigenvalue weighted by molar-refractivity contribution is 0.594. The van der Waals surface area contributed by atoms with Gasteiger partial charge in [0.25, 0.3) is 0 Å². The molecule has 1 aromatic heterocycles. The molecule has 0 aliphatic carbocycles. The first-order valence-corrected chi connectivity index (χ1v) is 12.2. The Labute approximate surface area is 195 Å². The molecule has 170 valence electrons. The van der Waals surface area contributed by atoms with E-state index in [4.69, 9.17) is 0 Å². The van der Waals surface area contributed by atoms with Crippen molar-refractivity contribution >= 4 is 26.4 Å². The van der Waals surface area contributed by atoms with Crippen LogP contribution in [0.5, 0.6) is 0 Å². The van der Waals surface area contributed by atoms with Crippen molar-refractivity contribution in [3.63, 3.8) is 0 Å². The van der Waals surface area contributed by atoms with E-state index in [0.29, 0.717) is 35.1 Å². The molecule has 0 amide bonds. The quantitative estimate of drug-likeness (QED) is 0.386. The maximum atomic E-state index is 14.3. The fraction of sp³-hybridized carbons (Fsp3) is 0.154. The van der Waals surface area contributed by atoms with E-state index in [1.807, 2.05) is 11.0 Å². The standard InChI is InChI=1S/C26H19F2N3O2S/c27-19-6-2-5-18(13-19)24-8-3-11-31(24)26-22-14-20(28)9-10-23(22)30-16-25(26)34(32,33)21-7-1-4-17(12-21)15-29/h1-2,4-7,9-10,12-14,16,24H,3,8,11H2/t24-/m1/s1. The first kappa shape index (κ1) is 22.0. The van der Waals surface area contributed by atoms with Crippen LogP contribution in [-0.2, 0) is 9.84 Å². The predicted octanol–water partition coefficient (Wildman–Crippen LogP) is 5.56. The molecule has 0 bridgehead atoms. The molecule has 5 nitrogen and oxygen atoms in total. The van der Waals surface area contributed by atoms with Gasteiger partial charge in [-0.25, -0.2) is 17.2 Å². The third-order valence-corrected chi connectivity index (χ3v) is 7.86. The van der Waals surface area contributed by atoms with Gasteiger partial charge >= 0.3 is 0 Å². The molecule has 2 heterocycles. The minimum absolute atomic E-state index is 0.0492. The van der Waals surface area contributed by atoms with Crippen LogP contribution in [0.1, 0.15) is 30.0 Å². The maximum Gasteiger partial charge on any atom is 0.210 e. The van der Waals surface area contributed by atoms with Crippen LogP contribution in [0.15, 0.2) is 82.7 Å². The minimum Gasteiger partial charge on any atom is -0.363 e. The van der Waals surface area contributed by atoms with Gasteiger partial charge in [0.15, 0.2) is 0 Å². The largest absolute Gasteiger partial charge is 0.363 e. The molecule has 4 aromatic rings. The van der Waals surface area contributed by atoms with Gasteiger partial charge in [-0.1, -0.05) is 18.2 Å². The van der Waals surface area contributed by atoms with Crippen molar-refractivity contribution in [2.24, 2.45) is 0 Å². The normalized spacial score (nSPS) is 16.0. The molecule has 1 aliphatic rings. The number of benzene rings is 3. The van der Waals surface area contributed by atoms with Crippen molar-refractivity contribution in [3.8, 4) is 6.07 Å². The summed E-state index contributed by atoms with van der Waals surface area (Å²) in [6.45, 7) is 0.511. The number of rotatable bonds is 4. The lowest BCUT2D eigenvalue weighted by atomic mass is 10.0. The number of sulfone groups is 1. The van der Waals surface area contributed by atoms with Crippen molar-refractivity contribution in [1.82, 2.24) is 4.98 Å². The van der Waals surface area contributed by atoms with E-state index >= 15 is 0 Å². The lowest BCUT2D eigenvalue weighted by Gasteiger charge is -2.30. The Morgan fingerprint density at radius 3 is 2.59 bits per heavy atom. The van der Waals surface area contributed by atoms with E-state index in [-0.39, 0.29) is 27.2 Å². The zero-order chi connectivity index (χ0) is 23.9. The van der Waals surface area contributed by atoms with Crippen LogP contribution in [0.25, 0.3) is 10.9 Å². The van der Waals surface area contributed by atoms with Gasteiger partial charge < -0.3 is 4.90 Å². The van der Waals surface area contributed by atoms with Crippen LogP contribution < -0.4 is 4.90 Å².